The Bertz CT molecular complexity index is 976. The van der Waals surface area contributed by atoms with Crippen LogP contribution in [0, 0.1) is 0 Å². The molecule has 1 aromatic heterocycles. The van der Waals surface area contributed by atoms with Gasteiger partial charge in [-0.25, -0.2) is 9.89 Å². The van der Waals surface area contributed by atoms with Crippen LogP contribution >= 0.6 is 11.8 Å². The average Bonchev–Trinajstić information content (AvgIpc) is 3.43. The Morgan fingerprint density at radius 3 is 2.65 bits per heavy atom. The number of thioether (sulfide) groups is 1. The molecule has 3 aromatic rings. The molecule has 7 heteroatoms. The number of para-hydroxylation sites is 1. The van der Waals surface area contributed by atoms with Crippen LogP contribution in [0.3, 0.4) is 0 Å². The zero-order valence-corrected chi connectivity index (χ0v) is 14.8. The molecule has 0 spiro atoms. The summed E-state index contributed by atoms with van der Waals surface area (Å²) in [6.45, 7) is 0. The van der Waals surface area contributed by atoms with E-state index in [0.29, 0.717) is 5.16 Å². The molecule has 1 amide bonds. The Kier molecular flexibility index (Phi) is 4.62. The molecule has 2 N–H and O–H groups in total. The van der Waals surface area contributed by atoms with Crippen LogP contribution in [0.2, 0.25) is 0 Å². The van der Waals surface area contributed by atoms with Gasteiger partial charge in [-0.15, -0.1) is 5.10 Å². The second-order valence-electron chi connectivity index (χ2n) is 6.16. The first-order valence-corrected chi connectivity index (χ1v) is 9.45. The van der Waals surface area contributed by atoms with Crippen LogP contribution in [0.15, 0.2) is 64.5 Å². The van der Waals surface area contributed by atoms with E-state index in [2.05, 4.69) is 15.5 Å². The predicted octanol–water partition coefficient (Wildman–Crippen LogP) is 3.30. The van der Waals surface area contributed by atoms with E-state index in [1.54, 1.807) is 4.57 Å². The number of H-pyrrole nitrogens is 1. The van der Waals surface area contributed by atoms with E-state index in [0.717, 1.165) is 29.7 Å². The molecule has 6 nitrogen and oxygen atoms in total. The van der Waals surface area contributed by atoms with Crippen molar-refractivity contribution >= 4 is 23.4 Å². The van der Waals surface area contributed by atoms with E-state index < -0.39 is 0 Å². The Morgan fingerprint density at radius 2 is 1.88 bits per heavy atom. The van der Waals surface area contributed by atoms with Gasteiger partial charge in [-0.2, -0.15) is 0 Å². The number of aromatic nitrogens is 3. The van der Waals surface area contributed by atoms with Crippen molar-refractivity contribution in [3.63, 3.8) is 0 Å². The number of nitrogens with one attached hydrogen (secondary N) is 2. The molecular formula is C19H18N4O2S. The van der Waals surface area contributed by atoms with Gasteiger partial charge in [0.15, 0.2) is 5.16 Å². The van der Waals surface area contributed by atoms with Crippen LogP contribution < -0.4 is 11.0 Å². The van der Waals surface area contributed by atoms with Gasteiger partial charge in [0, 0.05) is 17.3 Å². The lowest BCUT2D eigenvalue weighted by atomic mass is 10.0. The lowest BCUT2D eigenvalue weighted by molar-refractivity contribution is -0.113. The highest BCUT2D eigenvalue weighted by Gasteiger charge is 2.28. The van der Waals surface area contributed by atoms with Gasteiger partial charge in [-0.05, 0) is 24.5 Å². The van der Waals surface area contributed by atoms with E-state index in [1.165, 1.54) is 11.8 Å². The maximum Gasteiger partial charge on any atom is 0.344 e. The molecular weight excluding hydrogens is 348 g/mol. The van der Waals surface area contributed by atoms with Gasteiger partial charge in [0.05, 0.1) is 5.75 Å². The summed E-state index contributed by atoms with van der Waals surface area (Å²) < 4.78 is 1.65. The summed E-state index contributed by atoms with van der Waals surface area (Å²) in [6, 6.07) is 17.9. The first-order chi connectivity index (χ1) is 12.7. The fraction of sp³-hybridized carbons (Fsp3) is 0.211. The van der Waals surface area contributed by atoms with Crippen molar-refractivity contribution in [3.8, 4) is 11.1 Å². The molecule has 1 saturated carbocycles. The monoisotopic (exact) mass is 366 g/mol. The van der Waals surface area contributed by atoms with Gasteiger partial charge in [-0.1, -0.05) is 60.3 Å². The molecule has 0 radical (unpaired) electrons. The van der Waals surface area contributed by atoms with Crippen LogP contribution in [0.5, 0.6) is 0 Å². The van der Waals surface area contributed by atoms with Crippen LogP contribution in [-0.4, -0.2) is 26.4 Å². The third kappa shape index (κ3) is 3.57. The zero-order valence-electron chi connectivity index (χ0n) is 14.0. The van der Waals surface area contributed by atoms with E-state index in [1.807, 2.05) is 54.6 Å². The van der Waals surface area contributed by atoms with Crippen molar-refractivity contribution in [1.82, 2.24) is 14.8 Å². The minimum absolute atomic E-state index is 0.129. The quantitative estimate of drug-likeness (QED) is 0.656. The number of carbonyl (C=O) groups excluding carboxylic acids is 1. The Morgan fingerprint density at radius 1 is 1.15 bits per heavy atom. The second kappa shape index (κ2) is 7.21. The molecule has 2 aromatic carbocycles. The molecule has 26 heavy (non-hydrogen) atoms. The van der Waals surface area contributed by atoms with Crippen LogP contribution in [0.4, 0.5) is 5.69 Å². The molecule has 0 bridgehead atoms. The van der Waals surface area contributed by atoms with Crippen molar-refractivity contribution in [2.24, 2.45) is 0 Å². The highest BCUT2D eigenvalue weighted by atomic mass is 32.2. The minimum atomic E-state index is -0.204. The molecule has 1 aliphatic rings. The standard InChI is InChI=1S/C19H18N4O2S/c24-17(12-26-19-22-21-18(25)23(19)14-10-11-14)20-16-9-5-4-8-15(16)13-6-2-1-3-7-13/h1-9,14H,10-12H2,(H,20,24)(H,21,25). The van der Waals surface area contributed by atoms with Gasteiger partial charge < -0.3 is 5.32 Å². The van der Waals surface area contributed by atoms with E-state index in [-0.39, 0.29) is 23.4 Å². The highest BCUT2D eigenvalue weighted by Crippen LogP contribution is 2.36. The number of benzene rings is 2. The largest absolute Gasteiger partial charge is 0.344 e. The van der Waals surface area contributed by atoms with Gasteiger partial charge in [0.1, 0.15) is 0 Å². The number of aromatic amines is 1. The smallest absolute Gasteiger partial charge is 0.325 e. The molecule has 132 valence electrons. The summed E-state index contributed by atoms with van der Waals surface area (Å²) in [7, 11) is 0. The maximum atomic E-state index is 12.4. The fourth-order valence-electron chi connectivity index (χ4n) is 2.82. The lowest BCUT2D eigenvalue weighted by Gasteiger charge is -2.11. The molecule has 0 atom stereocenters. The van der Waals surface area contributed by atoms with Gasteiger partial charge in [0.25, 0.3) is 0 Å². The summed E-state index contributed by atoms with van der Waals surface area (Å²) in [5.74, 6) is 0.0660. The summed E-state index contributed by atoms with van der Waals surface area (Å²) in [5.41, 5.74) is 2.59. The van der Waals surface area contributed by atoms with Crippen molar-refractivity contribution in [2.45, 2.75) is 24.0 Å². The normalized spacial score (nSPS) is 13.5. The Hall–Kier alpha value is -2.80. The molecule has 1 aliphatic carbocycles. The predicted molar refractivity (Wildman–Crippen MR) is 102 cm³/mol. The lowest BCUT2D eigenvalue weighted by Crippen LogP contribution is -2.18. The van der Waals surface area contributed by atoms with Crippen LogP contribution in [0.25, 0.3) is 11.1 Å². The van der Waals surface area contributed by atoms with Gasteiger partial charge >= 0.3 is 5.69 Å². The number of anilines is 1. The average molecular weight is 366 g/mol. The van der Waals surface area contributed by atoms with Crippen LogP contribution in [0.1, 0.15) is 18.9 Å². The van der Waals surface area contributed by atoms with Crippen LogP contribution in [-0.2, 0) is 4.79 Å². The zero-order chi connectivity index (χ0) is 17.9. The number of amides is 1. The highest BCUT2D eigenvalue weighted by molar-refractivity contribution is 7.99. The Balaban J connectivity index is 1.45. The number of hydrogen-bond acceptors (Lipinski definition) is 4. The molecule has 0 aliphatic heterocycles. The van der Waals surface area contributed by atoms with E-state index in [4.69, 9.17) is 0 Å². The summed E-state index contributed by atoms with van der Waals surface area (Å²) >= 11 is 1.27. The van der Waals surface area contributed by atoms with Crippen molar-refractivity contribution in [3.05, 3.63) is 65.1 Å². The van der Waals surface area contributed by atoms with Gasteiger partial charge in [0.2, 0.25) is 5.91 Å². The molecule has 4 rings (SSSR count). The summed E-state index contributed by atoms with van der Waals surface area (Å²) in [5, 5.41) is 10.0. The van der Waals surface area contributed by atoms with E-state index >= 15 is 0 Å². The van der Waals surface area contributed by atoms with Crippen molar-refractivity contribution in [2.75, 3.05) is 11.1 Å². The third-order valence-corrected chi connectivity index (χ3v) is 5.16. The molecule has 1 heterocycles. The number of hydrogen-bond donors (Lipinski definition) is 2. The number of carbonyl (C=O) groups is 1. The number of nitrogens with zero attached hydrogens (tertiary/aromatic N) is 2. The Labute approximate surface area is 154 Å². The third-order valence-electron chi connectivity index (χ3n) is 4.20. The van der Waals surface area contributed by atoms with Gasteiger partial charge in [-0.3, -0.25) is 9.36 Å². The summed E-state index contributed by atoms with van der Waals surface area (Å²) in [6.07, 6.45) is 1.98. The second-order valence-corrected chi connectivity index (χ2v) is 7.10. The number of rotatable bonds is 6. The SMILES string of the molecule is O=C(CSc1n[nH]c(=O)n1C1CC1)Nc1ccccc1-c1ccccc1. The maximum absolute atomic E-state index is 12.4. The molecule has 1 fully saturated rings. The fourth-order valence-corrected chi connectivity index (χ4v) is 3.64. The van der Waals surface area contributed by atoms with Crippen molar-refractivity contribution < 1.29 is 4.79 Å². The molecule has 0 saturated heterocycles. The van der Waals surface area contributed by atoms with Crippen molar-refractivity contribution in [1.29, 1.82) is 0 Å². The first-order valence-electron chi connectivity index (χ1n) is 8.46. The van der Waals surface area contributed by atoms with E-state index in [9.17, 15) is 9.59 Å². The summed E-state index contributed by atoms with van der Waals surface area (Å²) in [4.78, 5) is 24.2. The first kappa shape index (κ1) is 16.7. The topological polar surface area (TPSA) is 79.8 Å². The molecule has 0 unspecified atom stereocenters. The minimum Gasteiger partial charge on any atom is -0.325 e.